The molecule has 2 aromatic carbocycles. The highest BCUT2D eigenvalue weighted by molar-refractivity contribution is 5.68. The third kappa shape index (κ3) is 19.7. The van der Waals surface area contributed by atoms with E-state index >= 15 is 0 Å². The van der Waals surface area contributed by atoms with E-state index in [1.165, 1.54) is 140 Å². The summed E-state index contributed by atoms with van der Waals surface area (Å²) in [6, 6.07) is 11.1. The normalized spacial score (nSPS) is 12.0. The van der Waals surface area contributed by atoms with Gasteiger partial charge in [0.05, 0.1) is 12.2 Å². The van der Waals surface area contributed by atoms with Gasteiger partial charge >= 0.3 is 0 Å². The number of nitrogens with zero attached hydrogens (tertiary/aromatic N) is 3. The zero-order valence-corrected chi connectivity index (χ0v) is 33.5. The van der Waals surface area contributed by atoms with E-state index in [9.17, 15) is 10.2 Å². The number of phenolic OH excluding ortho intramolecular Hbond substituents is 1. The second-order valence-electron chi connectivity index (χ2n) is 14.9. The summed E-state index contributed by atoms with van der Waals surface area (Å²) in [5.74, 6) is 1.38. The van der Waals surface area contributed by atoms with E-state index in [-0.39, 0.29) is 19.0 Å². The Morgan fingerprint density at radius 3 is 1.58 bits per heavy atom. The minimum Gasteiger partial charge on any atom is -0.507 e. The number of hydrogen-bond acceptors (Lipinski definition) is 8. The van der Waals surface area contributed by atoms with Gasteiger partial charge < -0.3 is 24.4 Å². The third-order valence-corrected chi connectivity index (χ3v) is 9.88. The lowest BCUT2D eigenvalue weighted by Gasteiger charge is -2.14. The predicted molar refractivity (Wildman–Crippen MR) is 218 cm³/mol. The van der Waals surface area contributed by atoms with Crippen LogP contribution in [0.5, 0.6) is 11.5 Å². The summed E-state index contributed by atoms with van der Waals surface area (Å²) in [6.07, 6.45) is 28.4. The van der Waals surface area contributed by atoms with Gasteiger partial charge in [-0.15, -0.1) is 0 Å². The number of ether oxygens (including phenoxy) is 3. The number of unbranched alkanes of at least 4 members (excludes halogenated alkanes) is 19. The van der Waals surface area contributed by atoms with Crippen LogP contribution in [0.1, 0.15) is 153 Å². The van der Waals surface area contributed by atoms with E-state index in [0.29, 0.717) is 29.6 Å². The van der Waals surface area contributed by atoms with E-state index in [4.69, 9.17) is 14.2 Å². The SMILES string of the molecule is CCCCCCCCCCCCOCCCCCCCCCCCCCOCC(O)COc1ccc(-c2ncnc(-c3ccc(C)cc3C)n2)c(O)c1. The molecule has 0 bridgehead atoms. The number of aliphatic hydroxyl groups excluding tert-OH is 1. The number of aromatic hydroxyl groups is 1. The maximum atomic E-state index is 10.7. The van der Waals surface area contributed by atoms with E-state index in [2.05, 4.69) is 27.9 Å². The molecule has 1 heterocycles. The highest BCUT2D eigenvalue weighted by Gasteiger charge is 2.13. The van der Waals surface area contributed by atoms with Gasteiger partial charge in [0, 0.05) is 31.5 Å². The number of aromatic nitrogens is 3. The van der Waals surface area contributed by atoms with Crippen molar-refractivity contribution in [2.24, 2.45) is 0 Å². The zero-order chi connectivity index (χ0) is 37.8. The molecule has 1 unspecified atom stereocenters. The maximum Gasteiger partial charge on any atom is 0.167 e. The fourth-order valence-corrected chi connectivity index (χ4v) is 6.66. The Labute approximate surface area is 321 Å². The van der Waals surface area contributed by atoms with Crippen molar-refractivity contribution in [2.45, 2.75) is 162 Å². The van der Waals surface area contributed by atoms with Gasteiger partial charge in [0.15, 0.2) is 11.6 Å². The first-order chi connectivity index (χ1) is 26.0. The van der Waals surface area contributed by atoms with Crippen LogP contribution in [0.15, 0.2) is 42.7 Å². The van der Waals surface area contributed by atoms with E-state index in [1.54, 1.807) is 12.1 Å². The highest BCUT2D eigenvalue weighted by atomic mass is 16.5. The molecule has 1 aromatic heterocycles. The smallest absolute Gasteiger partial charge is 0.167 e. The standard InChI is InChI=1S/C45H71N3O5/c1-4-5-6-7-8-9-13-16-19-22-29-51-30-23-20-17-14-11-10-12-15-18-21-24-31-52-34-39(49)35-53-40-26-28-42(43(50)33-40)45-47-36-46-44(48-45)41-27-25-37(2)32-38(41)3/h25-28,32-33,36,39,49-50H,4-24,29-31,34-35H2,1-3H3. The second kappa shape index (κ2) is 28.4. The first-order valence-corrected chi connectivity index (χ1v) is 21.0. The van der Waals surface area contributed by atoms with Crippen LogP contribution in [0.4, 0.5) is 0 Å². The van der Waals surface area contributed by atoms with Gasteiger partial charge in [-0.1, -0.05) is 146 Å². The summed E-state index contributed by atoms with van der Waals surface area (Å²) >= 11 is 0. The molecule has 8 heteroatoms. The van der Waals surface area contributed by atoms with Crippen molar-refractivity contribution < 1.29 is 24.4 Å². The molecule has 8 nitrogen and oxygen atoms in total. The first kappa shape index (κ1) is 44.3. The molecule has 0 radical (unpaired) electrons. The van der Waals surface area contributed by atoms with Crippen LogP contribution in [0.3, 0.4) is 0 Å². The summed E-state index contributed by atoms with van der Waals surface area (Å²) in [4.78, 5) is 13.2. The molecule has 3 aromatic rings. The monoisotopic (exact) mass is 734 g/mol. The molecule has 0 saturated carbocycles. The first-order valence-electron chi connectivity index (χ1n) is 21.0. The van der Waals surface area contributed by atoms with Gasteiger partial charge in [0.2, 0.25) is 0 Å². The molecular weight excluding hydrogens is 663 g/mol. The predicted octanol–water partition coefficient (Wildman–Crippen LogP) is 11.5. The minimum atomic E-state index is -0.748. The van der Waals surface area contributed by atoms with Crippen molar-refractivity contribution in [1.82, 2.24) is 15.0 Å². The number of aryl methyl sites for hydroxylation is 2. The minimum absolute atomic E-state index is 0.00282. The fraction of sp³-hybridized carbons (Fsp3) is 0.667. The lowest BCUT2D eigenvalue weighted by Crippen LogP contribution is -2.23. The Morgan fingerprint density at radius 1 is 0.566 bits per heavy atom. The number of benzene rings is 2. The molecule has 53 heavy (non-hydrogen) atoms. The number of aliphatic hydroxyl groups is 1. The van der Waals surface area contributed by atoms with Gasteiger partial charge in [0.25, 0.3) is 0 Å². The van der Waals surface area contributed by atoms with Gasteiger partial charge in [-0.05, 0) is 50.8 Å². The van der Waals surface area contributed by atoms with Crippen molar-refractivity contribution in [1.29, 1.82) is 0 Å². The Hall–Kier alpha value is -3.07. The lowest BCUT2D eigenvalue weighted by atomic mass is 10.1. The second-order valence-corrected chi connectivity index (χ2v) is 14.9. The van der Waals surface area contributed by atoms with Gasteiger partial charge in [-0.25, -0.2) is 15.0 Å². The van der Waals surface area contributed by atoms with Crippen molar-refractivity contribution >= 4 is 0 Å². The Bertz CT molecular complexity index is 1370. The topological polar surface area (TPSA) is 107 Å². The van der Waals surface area contributed by atoms with Crippen molar-refractivity contribution in [2.75, 3.05) is 33.0 Å². The summed E-state index contributed by atoms with van der Waals surface area (Å²) in [6.45, 7) is 9.19. The average Bonchev–Trinajstić information content (AvgIpc) is 3.15. The molecule has 2 N–H and O–H groups in total. The molecule has 296 valence electrons. The number of rotatable bonds is 32. The van der Waals surface area contributed by atoms with E-state index in [1.807, 2.05) is 26.0 Å². The van der Waals surface area contributed by atoms with Crippen molar-refractivity contribution in [3.8, 4) is 34.3 Å². The van der Waals surface area contributed by atoms with Crippen LogP contribution in [-0.4, -0.2) is 64.3 Å². The molecule has 3 rings (SSSR count). The molecule has 0 fully saturated rings. The molecule has 0 aliphatic rings. The summed E-state index contributed by atoms with van der Waals surface area (Å²) < 4.78 is 17.3. The van der Waals surface area contributed by atoms with Gasteiger partial charge in [0.1, 0.15) is 30.5 Å². The quantitative estimate of drug-likeness (QED) is 0.0611. The third-order valence-electron chi connectivity index (χ3n) is 9.88. The largest absolute Gasteiger partial charge is 0.507 e. The molecular formula is C45H71N3O5. The Kier molecular flexibility index (Phi) is 23.7. The summed E-state index contributed by atoms with van der Waals surface area (Å²) in [7, 11) is 0. The van der Waals surface area contributed by atoms with E-state index in [0.717, 1.165) is 37.2 Å². The fourth-order valence-electron chi connectivity index (χ4n) is 6.66. The van der Waals surface area contributed by atoms with Crippen LogP contribution in [0.2, 0.25) is 0 Å². The Morgan fingerprint density at radius 2 is 1.06 bits per heavy atom. The summed E-state index contributed by atoms with van der Waals surface area (Å²) in [5.41, 5.74) is 3.65. The van der Waals surface area contributed by atoms with Crippen LogP contribution >= 0.6 is 0 Å². The van der Waals surface area contributed by atoms with Crippen LogP contribution in [0.25, 0.3) is 22.8 Å². The number of phenols is 1. The molecule has 0 amide bonds. The lowest BCUT2D eigenvalue weighted by molar-refractivity contribution is 0.0109. The van der Waals surface area contributed by atoms with Crippen LogP contribution in [0, 0.1) is 13.8 Å². The Balaban J connectivity index is 1.09. The zero-order valence-electron chi connectivity index (χ0n) is 33.5. The average molecular weight is 734 g/mol. The van der Waals surface area contributed by atoms with Crippen LogP contribution in [-0.2, 0) is 9.47 Å². The molecule has 1 atom stereocenters. The van der Waals surface area contributed by atoms with Crippen LogP contribution < -0.4 is 4.74 Å². The molecule has 0 aliphatic heterocycles. The highest BCUT2D eigenvalue weighted by Crippen LogP contribution is 2.31. The van der Waals surface area contributed by atoms with Gasteiger partial charge in [-0.3, -0.25) is 0 Å². The molecule has 0 aliphatic carbocycles. The summed E-state index contributed by atoms with van der Waals surface area (Å²) in [5, 5.41) is 21.0. The number of hydrogen-bond donors (Lipinski definition) is 2. The van der Waals surface area contributed by atoms with Crippen molar-refractivity contribution in [3.05, 3.63) is 53.9 Å². The maximum absolute atomic E-state index is 10.7. The van der Waals surface area contributed by atoms with Gasteiger partial charge in [-0.2, -0.15) is 0 Å². The molecule has 0 spiro atoms. The van der Waals surface area contributed by atoms with Crippen molar-refractivity contribution in [3.63, 3.8) is 0 Å². The molecule has 0 saturated heterocycles. The van der Waals surface area contributed by atoms with E-state index < -0.39 is 6.10 Å².